The van der Waals surface area contributed by atoms with Crippen LogP contribution in [0.1, 0.15) is 59.8 Å². The van der Waals surface area contributed by atoms with Crippen molar-refractivity contribution in [2.45, 2.75) is 84.4 Å². The number of rotatable bonds is 12. The first-order valence-electron chi connectivity index (χ1n) is 9.75. The molecule has 0 saturated carbocycles. The number of hydrogen-bond donors (Lipinski definition) is 0. The maximum Gasteiger partial charge on any atom is 0.303 e. The first-order valence-corrected chi connectivity index (χ1v) is 9.75. The summed E-state index contributed by atoms with van der Waals surface area (Å²) in [5.41, 5.74) is 0. The lowest BCUT2D eigenvalue weighted by Gasteiger charge is -2.23. The van der Waals surface area contributed by atoms with Gasteiger partial charge in [-0.25, -0.2) is 0 Å². The van der Waals surface area contributed by atoms with Crippen LogP contribution < -0.4 is 0 Å². The lowest BCUT2D eigenvalue weighted by Crippen LogP contribution is -2.41. The quantitative estimate of drug-likeness (QED) is 0.213. The molecule has 1 aliphatic heterocycles. The van der Waals surface area contributed by atoms with Gasteiger partial charge in [-0.3, -0.25) is 14.4 Å². The molecule has 1 aliphatic rings. The van der Waals surface area contributed by atoms with Crippen molar-refractivity contribution in [3.05, 3.63) is 12.2 Å². The summed E-state index contributed by atoms with van der Waals surface area (Å²) in [6, 6.07) is 0. The molecule has 1 rings (SSSR count). The van der Waals surface area contributed by atoms with E-state index in [2.05, 4.69) is 19.1 Å². The molecule has 0 spiro atoms. The highest BCUT2D eigenvalue weighted by atomic mass is 16.7. The highest BCUT2D eigenvalue weighted by molar-refractivity contribution is 5.67. The predicted molar refractivity (Wildman–Crippen MR) is 100 cm³/mol. The van der Waals surface area contributed by atoms with Crippen LogP contribution in [0.2, 0.25) is 0 Å². The third-order valence-corrected chi connectivity index (χ3v) is 4.01. The van der Waals surface area contributed by atoms with Crippen molar-refractivity contribution in [1.82, 2.24) is 0 Å². The van der Waals surface area contributed by atoms with Crippen molar-refractivity contribution in [1.29, 1.82) is 0 Å². The Balaban J connectivity index is 2.64. The third-order valence-electron chi connectivity index (χ3n) is 4.01. The van der Waals surface area contributed by atoms with Gasteiger partial charge in [0.05, 0.1) is 6.61 Å². The minimum Gasteiger partial charge on any atom is -0.463 e. The van der Waals surface area contributed by atoms with Gasteiger partial charge in [-0.2, -0.15) is 0 Å². The second-order valence-electron chi connectivity index (χ2n) is 6.62. The molecule has 0 aromatic rings. The molecule has 0 aromatic heterocycles. The zero-order valence-corrected chi connectivity index (χ0v) is 17.2. The summed E-state index contributed by atoms with van der Waals surface area (Å²) in [5.74, 6) is -1.60. The Hall–Kier alpha value is -1.93. The first kappa shape index (κ1) is 24.1. The number of carbonyl (C=O) groups excluding carboxylic acids is 3. The molecule has 0 aromatic carbocycles. The second kappa shape index (κ2) is 13.3. The van der Waals surface area contributed by atoms with Gasteiger partial charge in [0.1, 0.15) is 12.7 Å². The largest absolute Gasteiger partial charge is 0.463 e. The van der Waals surface area contributed by atoms with Gasteiger partial charge in [0.25, 0.3) is 0 Å². The van der Waals surface area contributed by atoms with E-state index in [9.17, 15) is 14.4 Å². The molecule has 1 heterocycles. The number of hydrogen-bond acceptors (Lipinski definition) is 8. The van der Waals surface area contributed by atoms with Gasteiger partial charge in [-0.15, -0.1) is 0 Å². The van der Waals surface area contributed by atoms with Gasteiger partial charge >= 0.3 is 17.9 Å². The Kier molecular flexibility index (Phi) is 11.4. The summed E-state index contributed by atoms with van der Waals surface area (Å²) < 4.78 is 27.0. The van der Waals surface area contributed by atoms with Crippen LogP contribution in [-0.2, 0) is 38.1 Å². The molecule has 28 heavy (non-hydrogen) atoms. The van der Waals surface area contributed by atoms with Crippen molar-refractivity contribution in [2.24, 2.45) is 0 Å². The Labute approximate surface area is 166 Å². The topological polar surface area (TPSA) is 97.4 Å². The molecule has 160 valence electrons. The lowest BCUT2D eigenvalue weighted by atomic mass is 10.1. The molecular weight excluding hydrogens is 368 g/mol. The molecule has 4 unspecified atom stereocenters. The highest BCUT2D eigenvalue weighted by Crippen LogP contribution is 2.28. The van der Waals surface area contributed by atoms with E-state index in [-0.39, 0.29) is 6.61 Å². The van der Waals surface area contributed by atoms with E-state index < -0.39 is 42.5 Å². The fraction of sp³-hybridized carbons (Fsp3) is 0.750. The highest BCUT2D eigenvalue weighted by Gasteiger charge is 2.50. The van der Waals surface area contributed by atoms with Crippen molar-refractivity contribution >= 4 is 17.9 Å². The molecule has 0 bridgehead atoms. The monoisotopic (exact) mass is 400 g/mol. The molecule has 0 amide bonds. The van der Waals surface area contributed by atoms with Crippen LogP contribution in [0.4, 0.5) is 0 Å². The van der Waals surface area contributed by atoms with Crippen molar-refractivity contribution in [3.8, 4) is 0 Å². The van der Waals surface area contributed by atoms with Gasteiger partial charge in [0, 0.05) is 20.8 Å². The summed E-state index contributed by atoms with van der Waals surface area (Å²) >= 11 is 0. The SMILES string of the molecule is CCCC/C=C/CCCOC1OC(COC(C)=O)C(OC(C)=O)C1OC(C)=O. The van der Waals surface area contributed by atoms with Gasteiger partial charge < -0.3 is 23.7 Å². The van der Waals surface area contributed by atoms with Crippen LogP contribution in [0.3, 0.4) is 0 Å². The minimum atomic E-state index is -0.929. The van der Waals surface area contributed by atoms with Crippen molar-refractivity contribution in [2.75, 3.05) is 13.2 Å². The van der Waals surface area contributed by atoms with Crippen molar-refractivity contribution in [3.63, 3.8) is 0 Å². The molecule has 8 heteroatoms. The average Bonchev–Trinajstić information content (AvgIpc) is 2.91. The van der Waals surface area contributed by atoms with E-state index in [1.54, 1.807) is 0 Å². The zero-order valence-electron chi connectivity index (χ0n) is 17.2. The van der Waals surface area contributed by atoms with E-state index >= 15 is 0 Å². The molecule has 0 N–H and O–H groups in total. The summed E-state index contributed by atoms with van der Waals surface area (Å²) in [4.78, 5) is 34.0. The van der Waals surface area contributed by atoms with Crippen LogP contribution in [0.15, 0.2) is 12.2 Å². The molecular formula is C20H32O8. The fourth-order valence-corrected chi connectivity index (χ4v) is 2.77. The summed E-state index contributed by atoms with van der Waals surface area (Å²) in [6.45, 7) is 6.16. The van der Waals surface area contributed by atoms with Crippen LogP contribution in [0, 0.1) is 0 Å². The smallest absolute Gasteiger partial charge is 0.303 e. The first-order chi connectivity index (χ1) is 13.3. The number of allylic oxidation sites excluding steroid dienone is 2. The molecule has 4 atom stereocenters. The maximum atomic E-state index is 11.5. The van der Waals surface area contributed by atoms with Crippen LogP contribution in [-0.4, -0.2) is 55.7 Å². The second-order valence-corrected chi connectivity index (χ2v) is 6.62. The van der Waals surface area contributed by atoms with Gasteiger partial charge in [-0.1, -0.05) is 31.9 Å². The van der Waals surface area contributed by atoms with E-state index in [4.69, 9.17) is 23.7 Å². The van der Waals surface area contributed by atoms with Crippen LogP contribution in [0.25, 0.3) is 0 Å². The Bertz CT molecular complexity index is 530. The number of ether oxygens (including phenoxy) is 5. The van der Waals surface area contributed by atoms with E-state index in [0.29, 0.717) is 6.61 Å². The average molecular weight is 400 g/mol. The van der Waals surface area contributed by atoms with Crippen molar-refractivity contribution < 1.29 is 38.1 Å². The third kappa shape index (κ3) is 9.32. The number of unbranched alkanes of at least 4 members (excludes halogenated alkanes) is 3. The fourth-order valence-electron chi connectivity index (χ4n) is 2.77. The number of carbonyl (C=O) groups is 3. The number of esters is 3. The summed E-state index contributed by atoms with van der Waals surface area (Å²) in [7, 11) is 0. The minimum absolute atomic E-state index is 0.134. The standard InChI is InChI=1S/C20H32O8/c1-5-6-7-8-9-10-11-12-24-20-19(27-16(4)23)18(26-15(3)22)17(28-20)13-25-14(2)21/h8-9,17-20H,5-7,10-13H2,1-4H3/b9-8+. The molecule has 1 saturated heterocycles. The lowest BCUT2D eigenvalue weighted by molar-refractivity contribution is -0.190. The van der Waals surface area contributed by atoms with Gasteiger partial charge in [0.2, 0.25) is 0 Å². The Morgan fingerprint density at radius 3 is 2.07 bits per heavy atom. The molecule has 8 nitrogen and oxygen atoms in total. The summed E-state index contributed by atoms with van der Waals surface area (Å²) in [5, 5.41) is 0. The summed E-state index contributed by atoms with van der Waals surface area (Å²) in [6.07, 6.45) is 5.78. The van der Waals surface area contributed by atoms with E-state index in [0.717, 1.165) is 19.3 Å². The van der Waals surface area contributed by atoms with E-state index in [1.165, 1.54) is 33.6 Å². The molecule has 0 radical (unpaired) electrons. The van der Waals surface area contributed by atoms with Gasteiger partial charge in [0.15, 0.2) is 18.5 Å². The van der Waals surface area contributed by atoms with Crippen LogP contribution >= 0.6 is 0 Å². The Morgan fingerprint density at radius 2 is 1.50 bits per heavy atom. The zero-order chi connectivity index (χ0) is 20.9. The maximum absolute atomic E-state index is 11.5. The normalized spacial score (nSPS) is 24.3. The molecule has 1 fully saturated rings. The van der Waals surface area contributed by atoms with E-state index in [1.807, 2.05) is 0 Å². The predicted octanol–water partition coefficient (Wildman–Crippen LogP) is 2.68. The Morgan fingerprint density at radius 1 is 0.893 bits per heavy atom. The van der Waals surface area contributed by atoms with Crippen LogP contribution in [0.5, 0.6) is 0 Å². The van der Waals surface area contributed by atoms with Gasteiger partial charge in [-0.05, 0) is 19.3 Å². The molecule has 0 aliphatic carbocycles.